The van der Waals surface area contributed by atoms with E-state index in [9.17, 15) is 43.8 Å². The molecule has 0 radical (unpaired) electrons. The highest BCUT2D eigenvalue weighted by molar-refractivity contribution is 8.14. The van der Waals surface area contributed by atoms with Crippen molar-refractivity contribution < 1.29 is 72.2 Å². The van der Waals surface area contributed by atoms with E-state index in [4.69, 9.17) is 28.4 Å². The zero-order valence-electron chi connectivity index (χ0n) is 48.1. The number of hydrogen-bond donors (Lipinski definition) is 3. The second kappa shape index (κ2) is 31.4. The molecule has 1 aliphatic carbocycles. The van der Waals surface area contributed by atoms with Crippen LogP contribution in [0.1, 0.15) is 136 Å². The number of aliphatic hydroxyl groups is 2. The lowest BCUT2D eigenvalue weighted by Crippen LogP contribution is -2.61. The van der Waals surface area contributed by atoms with E-state index in [-0.39, 0.29) is 54.4 Å². The van der Waals surface area contributed by atoms with Crippen molar-refractivity contribution in [2.45, 2.75) is 180 Å². The minimum atomic E-state index is -2.47. The molecule has 2 amide bonds. The molecular formula is C61H88N2O15S. The number of esters is 1. The van der Waals surface area contributed by atoms with E-state index in [1.807, 2.05) is 57.2 Å². The molecule has 17 nitrogen and oxygen atoms in total. The Bertz CT molecular complexity index is 2360. The van der Waals surface area contributed by atoms with Crippen molar-refractivity contribution in [1.29, 1.82) is 0 Å². The highest BCUT2D eigenvalue weighted by Gasteiger charge is 2.53. The SMILES string of the molecule is COC1CC2CC[C@@H](C)[C@@](O)(O2)C(=O)C(=O)N2CCCC[C@H]2C(=O)OC(C(C)CC2CC[C@@H](OC(=O)NCCSC(=O)c3ccccc3)C(OC)C2)CC(=O)C(C)/C=C(\C)[C@@H](O)C(OC)C(=O)[C@H](C)CC(C)/C=C/C=C/C=C/1C. The van der Waals surface area contributed by atoms with Crippen molar-refractivity contribution in [2.75, 3.05) is 40.2 Å². The predicted octanol–water partition coefficient (Wildman–Crippen LogP) is 8.49. The zero-order chi connectivity index (χ0) is 58.0. The lowest BCUT2D eigenvalue weighted by atomic mass is 9.78. The van der Waals surface area contributed by atoms with Gasteiger partial charge in [-0.1, -0.05) is 113 Å². The molecule has 5 rings (SSSR count). The molecule has 0 spiro atoms. The Labute approximate surface area is 472 Å². The molecule has 3 heterocycles. The summed E-state index contributed by atoms with van der Waals surface area (Å²) in [6.07, 6.45) is 9.60. The maximum atomic E-state index is 14.6. The Kier molecular flexibility index (Phi) is 25.8. The Balaban J connectivity index is 1.38. The van der Waals surface area contributed by atoms with Gasteiger partial charge in [0.25, 0.3) is 11.7 Å². The van der Waals surface area contributed by atoms with Gasteiger partial charge < -0.3 is 48.9 Å². The first-order chi connectivity index (χ1) is 37.6. The first-order valence-corrected chi connectivity index (χ1v) is 29.3. The van der Waals surface area contributed by atoms with Gasteiger partial charge in [-0.15, -0.1) is 0 Å². The number of cyclic esters (lactones) is 1. The minimum Gasteiger partial charge on any atom is -0.460 e. The molecule has 3 aliphatic heterocycles. The van der Waals surface area contributed by atoms with Crippen LogP contribution >= 0.6 is 11.8 Å². The number of carbonyl (C=O) groups excluding carboxylic acids is 7. The number of piperidine rings is 1. The summed E-state index contributed by atoms with van der Waals surface area (Å²) in [7, 11) is 4.49. The number of fused-ring (bicyclic) bond motifs is 3. The van der Waals surface area contributed by atoms with E-state index < -0.39 is 102 Å². The second-order valence-corrected chi connectivity index (χ2v) is 23.5. The van der Waals surface area contributed by atoms with Crippen LogP contribution in [0, 0.1) is 35.5 Å². The zero-order valence-corrected chi connectivity index (χ0v) is 48.9. The van der Waals surface area contributed by atoms with Crippen LogP contribution in [-0.2, 0) is 52.4 Å². The third-order valence-corrected chi connectivity index (χ3v) is 17.2. The van der Waals surface area contributed by atoms with Gasteiger partial charge in [-0.3, -0.25) is 24.0 Å². The second-order valence-electron chi connectivity index (χ2n) is 22.4. The molecule has 2 bridgehead atoms. The third-order valence-electron chi connectivity index (χ3n) is 16.3. The highest BCUT2D eigenvalue weighted by Crippen LogP contribution is 2.38. The van der Waals surface area contributed by atoms with Gasteiger partial charge >= 0.3 is 12.1 Å². The van der Waals surface area contributed by atoms with Gasteiger partial charge in [-0.2, -0.15) is 0 Å². The number of ether oxygens (including phenoxy) is 6. The number of carbonyl (C=O) groups is 7. The van der Waals surface area contributed by atoms with Gasteiger partial charge in [0.05, 0.1) is 18.3 Å². The van der Waals surface area contributed by atoms with Crippen LogP contribution in [0.5, 0.6) is 0 Å². The fourth-order valence-electron chi connectivity index (χ4n) is 11.4. The molecule has 3 N–H and O–H groups in total. The number of aliphatic hydroxyl groups excluding tert-OH is 1. The lowest BCUT2D eigenvalue weighted by Gasteiger charge is -2.42. The van der Waals surface area contributed by atoms with Crippen LogP contribution in [0.25, 0.3) is 0 Å². The molecule has 9 unspecified atom stereocenters. The molecule has 1 aromatic carbocycles. The first kappa shape index (κ1) is 65.0. The van der Waals surface area contributed by atoms with Gasteiger partial charge in [0, 0.05) is 76.3 Å². The van der Waals surface area contributed by atoms with Crippen LogP contribution in [0.15, 0.2) is 77.9 Å². The number of nitrogens with zero attached hydrogens (tertiary/aromatic N) is 1. The Hall–Kier alpha value is -4.82. The van der Waals surface area contributed by atoms with Gasteiger partial charge in [-0.25, -0.2) is 9.59 Å². The van der Waals surface area contributed by atoms with Crippen LogP contribution in [-0.4, -0.2) is 150 Å². The number of benzene rings is 1. The van der Waals surface area contributed by atoms with E-state index in [0.29, 0.717) is 81.1 Å². The number of Topliss-reactive ketones (excluding diaryl/α,β-unsaturated/α-hetero) is 3. The van der Waals surface area contributed by atoms with E-state index in [0.717, 1.165) is 17.3 Å². The summed E-state index contributed by atoms with van der Waals surface area (Å²) in [5.74, 6) is -8.15. The van der Waals surface area contributed by atoms with Crippen molar-refractivity contribution in [3.8, 4) is 0 Å². The summed E-state index contributed by atoms with van der Waals surface area (Å²) in [5.41, 5.74) is 1.80. The number of hydrogen-bond acceptors (Lipinski definition) is 16. The minimum absolute atomic E-state index is 0.00493. The molecule has 18 heteroatoms. The lowest BCUT2D eigenvalue weighted by molar-refractivity contribution is -0.265. The van der Waals surface area contributed by atoms with Crippen molar-refractivity contribution >= 4 is 52.2 Å². The number of allylic oxidation sites excluding steroid dienone is 6. The monoisotopic (exact) mass is 1120 g/mol. The first-order valence-electron chi connectivity index (χ1n) is 28.3. The van der Waals surface area contributed by atoms with Crippen molar-refractivity contribution in [2.24, 2.45) is 35.5 Å². The molecule has 79 heavy (non-hydrogen) atoms. The van der Waals surface area contributed by atoms with Crippen LogP contribution in [0.2, 0.25) is 0 Å². The van der Waals surface area contributed by atoms with Crippen LogP contribution < -0.4 is 5.32 Å². The van der Waals surface area contributed by atoms with Gasteiger partial charge in [0.15, 0.2) is 5.78 Å². The maximum absolute atomic E-state index is 14.6. The van der Waals surface area contributed by atoms with E-state index in [1.165, 1.54) is 12.0 Å². The number of ketones is 3. The number of thioether (sulfide) groups is 1. The van der Waals surface area contributed by atoms with Gasteiger partial charge in [0.2, 0.25) is 10.9 Å². The van der Waals surface area contributed by atoms with Crippen LogP contribution in [0.3, 0.4) is 0 Å². The molecule has 2 saturated heterocycles. The number of rotatable bonds is 11. The van der Waals surface area contributed by atoms with Crippen molar-refractivity contribution in [3.63, 3.8) is 0 Å². The molecule has 438 valence electrons. The number of amides is 2. The van der Waals surface area contributed by atoms with E-state index in [2.05, 4.69) is 5.32 Å². The van der Waals surface area contributed by atoms with Gasteiger partial charge in [-0.05, 0) is 107 Å². The number of methoxy groups -OCH3 is 3. The summed E-state index contributed by atoms with van der Waals surface area (Å²) in [6, 6.07) is 7.70. The normalized spacial score (nSPS) is 35.1. The smallest absolute Gasteiger partial charge is 0.407 e. The Morgan fingerprint density at radius 1 is 0.861 bits per heavy atom. The fraction of sp³-hybridized carbons (Fsp3) is 0.656. The predicted molar refractivity (Wildman–Crippen MR) is 301 cm³/mol. The van der Waals surface area contributed by atoms with E-state index >= 15 is 0 Å². The summed E-state index contributed by atoms with van der Waals surface area (Å²) in [6.45, 7) is 12.8. The Morgan fingerprint density at radius 3 is 2.29 bits per heavy atom. The maximum Gasteiger partial charge on any atom is 0.407 e. The van der Waals surface area contributed by atoms with Crippen LogP contribution in [0.4, 0.5) is 4.79 Å². The summed E-state index contributed by atoms with van der Waals surface area (Å²) < 4.78 is 35.7. The Morgan fingerprint density at radius 2 is 1.59 bits per heavy atom. The molecular weight excluding hydrogens is 1030 g/mol. The summed E-state index contributed by atoms with van der Waals surface area (Å²) in [5, 5.41) is 26.2. The van der Waals surface area contributed by atoms with E-state index in [1.54, 1.807) is 72.3 Å². The van der Waals surface area contributed by atoms with Crippen molar-refractivity contribution in [1.82, 2.24) is 10.2 Å². The largest absolute Gasteiger partial charge is 0.460 e. The molecule has 0 aromatic heterocycles. The number of alkyl carbamates (subject to hydrolysis) is 1. The quantitative estimate of drug-likeness (QED) is 0.0816. The average Bonchev–Trinajstić information content (AvgIpc) is 3.46. The summed E-state index contributed by atoms with van der Waals surface area (Å²) in [4.78, 5) is 98.1. The molecule has 3 fully saturated rings. The fourth-order valence-corrected chi connectivity index (χ4v) is 12.1. The molecule has 15 atom stereocenters. The topological polar surface area (TPSA) is 231 Å². The average molecular weight is 1120 g/mol. The summed E-state index contributed by atoms with van der Waals surface area (Å²) >= 11 is 1.10. The molecule has 1 saturated carbocycles. The van der Waals surface area contributed by atoms with Gasteiger partial charge in [0.1, 0.15) is 36.2 Å². The highest BCUT2D eigenvalue weighted by atomic mass is 32.2. The van der Waals surface area contributed by atoms with Crippen molar-refractivity contribution in [3.05, 3.63) is 83.5 Å². The standard InChI is InChI=1S/C61H88N2O15S/c1-37-19-13-11-14-20-38(2)50(73-8)35-46-26-24-43(7)61(72,78-46)56(67)57(68)63-29-18-17-23-47(63)58(69)76-51(36-48(64)39(3)32-42(6)54(66)55(75-10)53(65)41(5)31-37)40(4)33-44-25-27-49(52(34-44)74-9)77-60(71)62-28-30-79-59(70)45-21-15-12-16-22-45/h11-16,19-22,32,37,39-41,43-44,46-47,49-52,54-55,66,72H,17-18,23-31,33-36H2,1-10H3,(H,62,71)/b14-11+,19-13+,38-20+,42-32+/t37?,39?,40?,41-,43-,44?,46?,47+,49-,50?,51?,52?,54-,55?,61-/m1/s1. The molecule has 4 aliphatic rings. The molecule has 1 aromatic rings. The number of nitrogens with one attached hydrogen (secondary N) is 1. The third kappa shape index (κ3) is 18.3.